The molecule has 4 rings (SSSR count). The lowest BCUT2D eigenvalue weighted by atomic mass is 9.84. The molecule has 0 bridgehead atoms. The van der Waals surface area contributed by atoms with Crippen molar-refractivity contribution in [3.63, 3.8) is 0 Å². The Bertz CT molecular complexity index is 636. The molecule has 2 heteroatoms. The molecule has 2 aliphatic rings. The predicted molar refractivity (Wildman–Crippen MR) is 67.5 cm³/mol. The molecule has 2 heterocycles. The topological polar surface area (TPSA) is 22.0 Å². The summed E-state index contributed by atoms with van der Waals surface area (Å²) < 4.78 is 1.86. The molecule has 2 nitrogen and oxygen atoms in total. The molecule has 1 aliphatic heterocycles. The SMILES string of the molecule is O=C1CCc2c3c(cc4ccn1c24)CCCC3. The number of carbonyl (C=O) groups excluding carboxylic acids is 1. The Morgan fingerprint density at radius 3 is 2.82 bits per heavy atom. The number of benzene rings is 1. The summed E-state index contributed by atoms with van der Waals surface area (Å²) in [6, 6.07) is 4.40. The molecule has 0 unspecified atom stereocenters. The Labute approximate surface area is 100 Å². The highest BCUT2D eigenvalue weighted by atomic mass is 16.2. The van der Waals surface area contributed by atoms with E-state index >= 15 is 0 Å². The molecule has 1 aromatic carbocycles. The average Bonchev–Trinajstić information content (AvgIpc) is 2.78. The highest BCUT2D eigenvalue weighted by Gasteiger charge is 2.24. The van der Waals surface area contributed by atoms with E-state index in [4.69, 9.17) is 0 Å². The van der Waals surface area contributed by atoms with Crippen molar-refractivity contribution in [3.05, 3.63) is 35.0 Å². The van der Waals surface area contributed by atoms with Gasteiger partial charge in [0.1, 0.15) is 0 Å². The number of hydrogen-bond acceptors (Lipinski definition) is 1. The van der Waals surface area contributed by atoms with E-state index < -0.39 is 0 Å². The van der Waals surface area contributed by atoms with E-state index in [1.807, 2.05) is 10.8 Å². The molecular formula is C15H15NO. The van der Waals surface area contributed by atoms with Crippen LogP contribution in [-0.4, -0.2) is 10.5 Å². The van der Waals surface area contributed by atoms with E-state index in [1.165, 1.54) is 47.7 Å². The highest BCUT2D eigenvalue weighted by molar-refractivity contribution is 5.97. The van der Waals surface area contributed by atoms with Crippen LogP contribution in [0, 0.1) is 0 Å². The number of fused-ring (bicyclic) bond motifs is 2. The summed E-state index contributed by atoms with van der Waals surface area (Å²) in [5, 5.41) is 1.26. The first-order valence-corrected chi connectivity index (χ1v) is 6.52. The Morgan fingerprint density at radius 2 is 1.88 bits per heavy atom. The first-order valence-electron chi connectivity index (χ1n) is 6.52. The van der Waals surface area contributed by atoms with Crippen molar-refractivity contribution in [1.82, 2.24) is 4.57 Å². The van der Waals surface area contributed by atoms with Crippen LogP contribution in [0.4, 0.5) is 0 Å². The first kappa shape index (κ1) is 9.46. The molecule has 1 aromatic heterocycles. The van der Waals surface area contributed by atoms with Crippen LogP contribution in [-0.2, 0) is 19.3 Å². The Hall–Kier alpha value is -1.57. The Kier molecular flexibility index (Phi) is 1.79. The zero-order chi connectivity index (χ0) is 11.4. The maximum Gasteiger partial charge on any atom is 0.231 e. The van der Waals surface area contributed by atoms with Crippen LogP contribution in [0.3, 0.4) is 0 Å². The van der Waals surface area contributed by atoms with Gasteiger partial charge < -0.3 is 0 Å². The van der Waals surface area contributed by atoms with Crippen molar-refractivity contribution in [2.45, 2.75) is 38.5 Å². The lowest BCUT2D eigenvalue weighted by Gasteiger charge is -2.23. The summed E-state index contributed by atoms with van der Waals surface area (Å²) in [6.45, 7) is 0. The molecule has 0 saturated carbocycles. The van der Waals surface area contributed by atoms with Gasteiger partial charge in [-0.25, -0.2) is 0 Å². The third kappa shape index (κ3) is 1.18. The zero-order valence-corrected chi connectivity index (χ0v) is 9.83. The molecule has 17 heavy (non-hydrogen) atoms. The number of rotatable bonds is 0. The fraction of sp³-hybridized carbons (Fsp3) is 0.400. The van der Waals surface area contributed by atoms with Crippen molar-refractivity contribution in [1.29, 1.82) is 0 Å². The summed E-state index contributed by atoms with van der Waals surface area (Å²) in [5.74, 6) is 0.253. The number of hydrogen-bond donors (Lipinski definition) is 0. The minimum absolute atomic E-state index is 0.253. The van der Waals surface area contributed by atoms with Crippen LogP contribution in [0.25, 0.3) is 10.9 Å². The molecular weight excluding hydrogens is 210 g/mol. The molecule has 1 aliphatic carbocycles. The molecule has 0 amide bonds. The molecule has 0 N–H and O–H groups in total. The quantitative estimate of drug-likeness (QED) is 0.675. The van der Waals surface area contributed by atoms with E-state index in [0.29, 0.717) is 6.42 Å². The van der Waals surface area contributed by atoms with Gasteiger partial charge in [0.05, 0.1) is 5.52 Å². The normalized spacial score (nSPS) is 18.5. The van der Waals surface area contributed by atoms with Gasteiger partial charge in [-0.1, -0.05) is 0 Å². The van der Waals surface area contributed by atoms with E-state index in [0.717, 1.165) is 6.42 Å². The number of nitrogens with zero attached hydrogens (tertiary/aromatic N) is 1. The van der Waals surface area contributed by atoms with Gasteiger partial charge in [-0.2, -0.15) is 0 Å². The van der Waals surface area contributed by atoms with Crippen molar-refractivity contribution >= 4 is 16.8 Å². The highest BCUT2D eigenvalue weighted by Crippen LogP contribution is 2.35. The van der Waals surface area contributed by atoms with Gasteiger partial charge in [-0.15, -0.1) is 0 Å². The summed E-state index contributed by atoms with van der Waals surface area (Å²) in [6.07, 6.45) is 8.62. The molecule has 2 aromatic rings. The summed E-state index contributed by atoms with van der Waals surface area (Å²) in [4.78, 5) is 11.9. The fourth-order valence-electron chi connectivity index (χ4n) is 3.48. The van der Waals surface area contributed by atoms with E-state index in [1.54, 1.807) is 5.56 Å². The van der Waals surface area contributed by atoms with Gasteiger partial charge in [0.25, 0.3) is 0 Å². The monoisotopic (exact) mass is 225 g/mol. The van der Waals surface area contributed by atoms with E-state index in [2.05, 4.69) is 12.1 Å². The molecule has 0 spiro atoms. The maximum absolute atomic E-state index is 11.9. The van der Waals surface area contributed by atoms with Gasteiger partial charge in [-0.05, 0) is 60.9 Å². The van der Waals surface area contributed by atoms with Gasteiger partial charge in [0, 0.05) is 18.0 Å². The van der Waals surface area contributed by atoms with Crippen molar-refractivity contribution < 1.29 is 4.79 Å². The zero-order valence-electron chi connectivity index (χ0n) is 9.83. The third-order valence-electron chi connectivity index (χ3n) is 4.27. The second-order valence-electron chi connectivity index (χ2n) is 5.22. The lowest BCUT2D eigenvalue weighted by Crippen LogP contribution is -2.19. The second-order valence-corrected chi connectivity index (χ2v) is 5.22. The van der Waals surface area contributed by atoms with Crippen LogP contribution in [0.1, 0.15) is 40.7 Å². The van der Waals surface area contributed by atoms with E-state index in [9.17, 15) is 4.79 Å². The van der Waals surface area contributed by atoms with Crippen LogP contribution in [0.15, 0.2) is 18.3 Å². The maximum atomic E-state index is 11.9. The first-order chi connectivity index (χ1) is 8.34. The minimum atomic E-state index is 0.253. The molecule has 0 saturated heterocycles. The van der Waals surface area contributed by atoms with Gasteiger partial charge in [-0.3, -0.25) is 9.36 Å². The van der Waals surface area contributed by atoms with Crippen LogP contribution >= 0.6 is 0 Å². The molecule has 0 radical (unpaired) electrons. The average molecular weight is 225 g/mol. The number of aryl methyl sites for hydroxylation is 2. The summed E-state index contributed by atoms with van der Waals surface area (Å²) in [5.41, 5.74) is 5.74. The van der Waals surface area contributed by atoms with Gasteiger partial charge >= 0.3 is 0 Å². The molecule has 0 atom stereocenters. The van der Waals surface area contributed by atoms with Crippen molar-refractivity contribution in [3.8, 4) is 0 Å². The van der Waals surface area contributed by atoms with Crippen LogP contribution in [0.5, 0.6) is 0 Å². The van der Waals surface area contributed by atoms with Crippen LogP contribution < -0.4 is 0 Å². The summed E-state index contributed by atoms with van der Waals surface area (Å²) in [7, 11) is 0. The number of aromatic nitrogens is 1. The standard InChI is InChI=1S/C15H15NO/c17-14-6-5-13-12-4-2-1-3-10(12)9-11-7-8-16(14)15(11)13/h7-9H,1-6H2. The Morgan fingerprint density at radius 1 is 1.00 bits per heavy atom. The Balaban J connectivity index is 2.12. The lowest BCUT2D eigenvalue weighted by molar-refractivity contribution is 0.0903. The largest absolute Gasteiger partial charge is 0.287 e. The second kappa shape index (κ2) is 3.22. The molecule has 0 fully saturated rings. The number of carbonyl (C=O) groups is 1. The van der Waals surface area contributed by atoms with Crippen LogP contribution in [0.2, 0.25) is 0 Å². The van der Waals surface area contributed by atoms with E-state index in [-0.39, 0.29) is 5.91 Å². The minimum Gasteiger partial charge on any atom is -0.287 e. The summed E-state index contributed by atoms with van der Waals surface area (Å²) >= 11 is 0. The smallest absolute Gasteiger partial charge is 0.231 e. The van der Waals surface area contributed by atoms with Crippen molar-refractivity contribution in [2.75, 3.05) is 0 Å². The van der Waals surface area contributed by atoms with Gasteiger partial charge in [0.2, 0.25) is 5.91 Å². The van der Waals surface area contributed by atoms with Gasteiger partial charge in [0.15, 0.2) is 0 Å². The van der Waals surface area contributed by atoms with Crippen molar-refractivity contribution in [2.24, 2.45) is 0 Å². The third-order valence-corrected chi connectivity index (χ3v) is 4.27. The molecule has 86 valence electrons. The predicted octanol–water partition coefficient (Wildman–Crippen LogP) is 3.11. The fourth-order valence-corrected chi connectivity index (χ4v) is 3.48.